The van der Waals surface area contributed by atoms with Crippen LogP contribution in [-0.4, -0.2) is 24.7 Å². The van der Waals surface area contributed by atoms with Crippen molar-refractivity contribution < 1.29 is 4.39 Å². The van der Waals surface area contributed by atoms with Gasteiger partial charge in [-0.05, 0) is 53.4 Å². The second-order valence-corrected chi connectivity index (χ2v) is 7.36. The van der Waals surface area contributed by atoms with E-state index in [1.807, 2.05) is 6.07 Å². The number of benzene rings is 1. The maximum atomic E-state index is 13.7. The third-order valence-corrected chi connectivity index (χ3v) is 5.80. The molecule has 0 aromatic heterocycles. The van der Waals surface area contributed by atoms with E-state index >= 15 is 0 Å². The molecule has 0 amide bonds. The van der Waals surface area contributed by atoms with E-state index in [4.69, 9.17) is 0 Å². The van der Waals surface area contributed by atoms with Crippen LogP contribution in [0.25, 0.3) is 0 Å². The molecule has 0 radical (unpaired) electrons. The van der Waals surface area contributed by atoms with Gasteiger partial charge in [-0.1, -0.05) is 26.2 Å². The Bertz CT molecular complexity index is 500. The van der Waals surface area contributed by atoms with E-state index in [2.05, 4.69) is 33.1 Å². The summed E-state index contributed by atoms with van der Waals surface area (Å²) in [5.41, 5.74) is 1.24. The normalized spacial score (nSPS) is 25.3. The molecule has 3 rings (SSSR count). The van der Waals surface area contributed by atoms with Crippen molar-refractivity contribution in [2.75, 3.05) is 18.0 Å². The van der Waals surface area contributed by atoms with Crippen LogP contribution in [0.3, 0.4) is 0 Å². The van der Waals surface area contributed by atoms with Crippen LogP contribution in [-0.2, 0) is 0 Å². The number of hydrogen-bond acceptors (Lipinski definition) is 2. The number of nitrogens with one attached hydrogen (secondary N) is 1. The second-order valence-electron chi connectivity index (χ2n) is 6.51. The first kappa shape index (κ1) is 15.3. The van der Waals surface area contributed by atoms with Gasteiger partial charge in [0.25, 0.3) is 0 Å². The smallest absolute Gasteiger partial charge is 0.125 e. The number of hydrogen-bond donors (Lipinski definition) is 1. The Morgan fingerprint density at radius 2 is 2.10 bits per heavy atom. The van der Waals surface area contributed by atoms with Gasteiger partial charge in [0.1, 0.15) is 5.82 Å². The van der Waals surface area contributed by atoms with Crippen LogP contribution in [0.1, 0.15) is 45.4 Å². The fourth-order valence-electron chi connectivity index (χ4n) is 3.87. The summed E-state index contributed by atoms with van der Waals surface area (Å²) < 4.78 is 14.7. The Morgan fingerprint density at radius 3 is 2.81 bits per heavy atom. The van der Waals surface area contributed by atoms with Gasteiger partial charge in [-0.15, -0.1) is 0 Å². The first-order chi connectivity index (χ1) is 10.1. The SMILES string of the molecule is CCC1CNC2(CCCCC2)CN1c1cc(F)ccc1Br. The van der Waals surface area contributed by atoms with Gasteiger partial charge >= 0.3 is 0 Å². The fraction of sp³-hybridized carbons (Fsp3) is 0.647. The predicted molar refractivity (Wildman–Crippen MR) is 89.3 cm³/mol. The lowest BCUT2D eigenvalue weighted by Gasteiger charge is -2.50. The first-order valence-corrected chi connectivity index (χ1v) is 8.89. The highest BCUT2D eigenvalue weighted by Gasteiger charge is 2.39. The lowest BCUT2D eigenvalue weighted by molar-refractivity contribution is 0.195. The largest absolute Gasteiger partial charge is 0.364 e. The van der Waals surface area contributed by atoms with Gasteiger partial charge in [-0.3, -0.25) is 0 Å². The standard InChI is InChI=1S/C17H24BrFN2/c1-2-14-11-20-17(8-4-3-5-9-17)12-21(14)16-10-13(19)6-7-15(16)18/h6-7,10,14,20H,2-5,8-9,11-12H2,1H3. The monoisotopic (exact) mass is 354 g/mol. The molecule has 1 unspecified atom stereocenters. The molecule has 1 aliphatic carbocycles. The Balaban J connectivity index is 1.90. The van der Waals surface area contributed by atoms with E-state index in [9.17, 15) is 4.39 Å². The summed E-state index contributed by atoms with van der Waals surface area (Å²) in [5.74, 6) is -0.153. The van der Waals surface area contributed by atoms with Gasteiger partial charge in [-0.2, -0.15) is 0 Å². The van der Waals surface area contributed by atoms with Crippen LogP contribution in [0.4, 0.5) is 10.1 Å². The minimum atomic E-state index is -0.153. The van der Waals surface area contributed by atoms with Crippen molar-refractivity contribution in [3.8, 4) is 0 Å². The molecule has 2 fully saturated rings. The summed E-state index contributed by atoms with van der Waals surface area (Å²) in [4.78, 5) is 2.43. The molecular weight excluding hydrogens is 331 g/mol. The van der Waals surface area contributed by atoms with Crippen molar-refractivity contribution in [2.45, 2.75) is 57.0 Å². The van der Waals surface area contributed by atoms with E-state index in [1.54, 1.807) is 6.07 Å². The number of rotatable bonds is 2. The molecule has 0 bridgehead atoms. The van der Waals surface area contributed by atoms with Gasteiger partial charge in [0.05, 0.1) is 5.69 Å². The summed E-state index contributed by atoms with van der Waals surface area (Å²) in [6, 6.07) is 5.46. The highest BCUT2D eigenvalue weighted by atomic mass is 79.9. The third kappa shape index (κ3) is 3.11. The van der Waals surface area contributed by atoms with E-state index in [1.165, 1.54) is 38.2 Å². The molecule has 2 nitrogen and oxygen atoms in total. The molecule has 1 N–H and O–H groups in total. The molecule has 1 saturated heterocycles. The summed E-state index contributed by atoms with van der Waals surface area (Å²) in [5, 5.41) is 3.82. The lowest BCUT2D eigenvalue weighted by atomic mass is 9.79. The number of anilines is 1. The summed E-state index contributed by atoms with van der Waals surface area (Å²) in [7, 11) is 0. The molecule has 2 aliphatic rings. The van der Waals surface area contributed by atoms with Gasteiger partial charge < -0.3 is 10.2 Å². The van der Waals surface area contributed by atoms with E-state index < -0.39 is 0 Å². The number of piperazine rings is 1. The predicted octanol–water partition coefficient (Wildman–Crippen LogP) is 4.48. The molecule has 4 heteroatoms. The Labute approximate surface area is 135 Å². The van der Waals surface area contributed by atoms with Crippen LogP contribution in [0.15, 0.2) is 22.7 Å². The van der Waals surface area contributed by atoms with E-state index in [0.29, 0.717) is 6.04 Å². The average Bonchev–Trinajstić information content (AvgIpc) is 2.50. The van der Waals surface area contributed by atoms with Crippen LogP contribution < -0.4 is 10.2 Å². The zero-order valence-corrected chi connectivity index (χ0v) is 14.3. The molecule has 21 heavy (non-hydrogen) atoms. The fourth-order valence-corrected chi connectivity index (χ4v) is 4.35. The summed E-state index contributed by atoms with van der Waals surface area (Å²) in [6.07, 6.45) is 7.53. The Hall–Kier alpha value is -0.610. The van der Waals surface area contributed by atoms with Gasteiger partial charge in [0.15, 0.2) is 0 Å². The second kappa shape index (κ2) is 6.25. The van der Waals surface area contributed by atoms with Crippen molar-refractivity contribution in [2.24, 2.45) is 0 Å². The minimum Gasteiger partial charge on any atom is -0.364 e. The van der Waals surface area contributed by atoms with Crippen molar-refractivity contribution in [1.82, 2.24) is 5.32 Å². The molecule has 1 aliphatic heterocycles. The zero-order valence-electron chi connectivity index (χ0n) is 12.7. The van der Waals surface area contributed by atoms with Crippen LogP contribution >= 0.6 is 15.9 Å². The van der Waals surface area contributed by atoms with Crippen molar-refractivity contribution in [3.05, 3.63) is 28.5 Å². The molecule has 1 heterocycles. The zero-order chi connectivity index (χ0) is 14.9. The Morgan fingerprint density at radius 1 is 1.33 bits per heavy atom. The first-order valence-electron chi connectivity index (χ1n) is 8.10. The highest BCUT2D eigenvalue weighted by Crippen LogP contribution is 2.37. The lowest BCUT2D eigenvalue weighted by Crippen LogP contribution is -2.65. The quantitative estimate of drug-likeness (QED) is 0.842. The summed E-state index contributed by atoms with van der Waals surface area (Å²) >= 11 is 3.61. The molecule has 1 saturated carbocycles. The van der Waals surface area contributed by atoms with Crippen molar-refractivity contribution >= 4 is 21.6 Å². The average molecular weight is 355 g/mol. The molecule has 1 atom stereocenters. The number of halogens is 2. The van der Waals surface area contributed by atoms with Crippen LogP contribution in [0, 0.1) is 5.82 Å². The molecule has 1 aromatic carbocycles. The molecular formula is C17H24BrFN2. The maximum Gasteiger partial charge on any atom is 0.125 e. The van der Waals surface area contributed by atoms with Crippen molar-refractivity contribution in [1.29, 1.82) is 0 Å². The summed E-state index contributed by atoms with van der Waals surface area (Å²) in [6.45, 7) is 4.21. The van der Waals surface area contributed by atoms with E-state index in [0.717, 1.165) is 29.7 Å². The maximum absolute atomic E-state index is 13.7. The van der Waals surface area contributed by atoms with Crippen LogP contribution in [0.5, 0.6) is 0 Å². The van der Waals surface area contributed by atoms with Gasteiger partial charge in [0.2, 0.25) is 0 Å². The molecule has 1 spiro atoms. The topological polar surface area (TPSA) is 15.3 Å². The highest BCUT2D eigenvalue weighted by molar-refractivity contribution is 9.10. The Kier molecular flexibility index (Phi) is 4.55. The van der Waals surface area contributed by atoms with Gasteiger partial charge in [-0.25, -0.2) is 4.39 Å². The number of nitrogens with zero attached hydrogens (tertiary/aromatic N) is 1. The van der Waals surface area contributed by atoms with Gasteiger partial charge in [0, 0.05) is 29.1 Å². The van der Waals surface area contributed by atoms with Crippen LogP contribution in [0.2, 0.25) is 0 Å². The van der Waals surface area contributed by atoms with Crippen molar-refractivity contribution in [3.63, 3.8) is 0 Å². The molecule has 116 valence electrons. The molecule has 1 aromatic rings. The minimum absolute atomic E-state index is 0.153. The third-order valence-electron chi connectivity index (χ3n) is 5.13. The van der Waals surface area contributed by atoms with E-state index in [-0.39, 0.29) is 11.4 Å².